The van der Waals surface area contributed by atoms with Crippen LogP contribution >= 0.6 is 11.6 Å². The summed E-state index contributed by atoms with van der Waals surface area (Å²) in [6, 6.07) is 6.21. The normalized spacial score (nSPS) is 15.9. The fourth-order valence-electron chi connectivity index (χ4n) is 3.68. The zero-order chi connectivity index (χ0) is 18.3. The SMILES string of the molecule is C/C(=C\n1c2c(c3cc(Cl)ccc31)CCN(C)CC2)c1cnc(C)nc1. The van der Waals surface area contributed by atoms with E-state index in [0.717, 1.165) is 47.9 Å². The first-order valence-electron chi connectivity index (χ1n) is 9.00. The summed E-state index contributed by atoms with van der Waals surface area (Å²) in [5, 5.41) is 2.06. The molecule has 2 aromatic heterocycles. The Morgan fingerprint density at radius 3 is 2.65 bits per heavy atom. The summed E-state index contributed by atoms with van der Waals surface area (Å²) in [6.45, 7) is 6.16. The van der Waals surface area contributed by atoms with E-state index >= 15 is 0 Å². The Balaban J connectivity index is 1.89. The summed E-state index contributed by atoms with van der Waals surface area (Å²) in [5.41, 5.74) is 6.23. The Morgan fingerprint density at radius 2 is 1.88 bits per heavy atom. The van der Waals surface area contributed by atoms with E-state index in [2.05, 4.69) is 51.7 Å². The van der Waals surface area contributed by atoms with Gasteiger partial charge in [-0.15, -0.1) is 0 Å². The highest BCUT2D eigenvalue weighted by Gasteiger charge is 2.20. The number of hydrogen-bond donors (Lipinski definition) is 0. The van der Waals surface area contributed by atoms with E-state index in [1.54, 1.807) is 0 Å². The summed E-state index contributed by atoms with van der Waals surface area (Å²) in [4.78, 5) is 11.1. The van der Waals surface area contributed by atoms with E-state index in [-0.39, 0.29) is 0 Å². The molecule has 0 N–H and O–H groups in total. The van der Waals surface area contributed by atoms with Gasteiger partial charge in [0.1, 0.15) is 5.82 Å². The molecule has 134 valence electrons. The number of aryl methyl sites for hydroxylation is 1. The molecule has 0 amide bonds. The molecule has 4 rings (SSSR count). The Bertz CT molecular complexity index is 985. The molecule has 0 fully saturated rings. The van der Waals surface area contributed by atoms with Gasteiger partial charge < -0.3 is 9.47 Å². The van der Waals surface area contributed by atoms with Crippen LogP contribution in [0.1, 0.15) is 29.6 Å². The fraction of sp³-hybridized carbons (Fsp3) is 0.333. The van der Waals surface area contributed by atoms with Crippen molar-refractivity contribution in [2.24, 2.45) is 0 Å². The molecular formula is C21H23ClN4. The van der Waals surface area contributed by atoms with Crippen LogP contribution in [0.5, 0.6) is 0 Å². The summed E-state index contributed by atoms with van der Waals surface area (Å²) < 4.78 is 2.34. The number of hydrogen-bond acceptors (Lipinski definition) is 3. The van der Waals surface area contributed by atoms with Gasteiger partial charge in [0.05, 0.1) is 5.52 Å². The predicted octanol–water partition coefficient (Wildman–Crippen LogP) is 4.44. The van der Waals surface area contributed by atoms with Gasteiger partial charge in [-0.25, -0.2) is 9.97 Å². The topological polar surface area (TPSA) is 34.0 Å². The van der Waals surface area contributed by atoms with Crippen LogP contribution in [0, 0.1) is 6.92 Å². The van der Waals surface area contributed by atoms with Crippen LogP contribution in [-0.4, -0.2) is 39.6 Å². The molecule has 0 unspecified atom stereocenters. The van der Waals surface area contributed by atoms with Gasteiger partial charge in [0.25, 0.3) is 0 Å². The highest BCUT2D eigenvalue weighted by Crippen LogP contribution is 2.32. The van der Waals surface area contributed by atoms with Crippen LogP contribution < -0.4 is 0 Å². The lowest BCUT2D eigenvalue weighted by atomic mass is 10.1. The van der Waals surface area contributed by atoms with E-state index < -0.39 is 0 Å². The Hall–Kier alpha value is -2.17. The molecule has 26 heavy (non-hydrogen) atoms. The quantitative estimate of drug-likeness (QED) is 0.672. The van der Waals surface area contributed by atoms with Gasteiger partial charge in [-0.05, 0) is 56.7 Å². The highest BCUT2D eigenvalue weighted by atomic mass is 35.5. The Kier molecular flexibility index (Phi) is 4.55. The van der Waals surface area contributed by atoms with E-state index in [0.29, 0.717) is 0 Å². The predicted molar refractivity (Wildman–Crippen MR) is 108 cm³/mol. The minimum Gasteiger partial charge on any atom is -0.320 e. The van der Waals surface area contributed by atoms with Crippen molar-refractivity contribution in [3.63, 3.8) is 0 Å². The van der Waals surface area contributed by atoms with Crippen LogP contribution in [0.2, 0.25) is 5.02 Å². The minimum atomic E-state index is 0.791. The smallest absolute Gasteiger partial charge is 0.125 e. The second-order valence-corrected chi connectivity index (χ2v) is 7.53. The lowest BCUT2D eigenvalue weighted by Gasteiger charge is -2.13. The van der Waals surface area contributed by atoms with Gasteiger partial charge in [0, 0.05) is 59.8 Å². The van der Waals surface area contributed by atoms with Crippen molar-refractivity contribution in [1.82, 2.24) is 19.4 Å². The van der Waals surface area contributed by atoms with E-state index in [9.17, 15) is 0 Å². The third-order valence-electron chi connectivity index (χ3n) is 5.22. The number of fused-ring (bicyclic) bond motifs is 3. The van der Waals surface area contributed by atoms with Crippen LogP contribution in [0.15, 0.2) is 30.6 Å². The summed E-state index contributed by atoms with van der Waals surface area (Å²) in [7, 11) is 2.19. The van der Waals surface area contributed by atoms with Gasteiger partial charge in [0.15, 0.2) is 0 Å². The van der Waals surface area contributed by atoms with E-state index in [1.807, 2.05) is 25.4 Å². The molecule has 4 nitrogen and oxygen atoms in total. The van der Waals surface area contributed by atoms with Crippen molar-refractivity contribution in [1.29, 1.82) is 0 Å². The van der Waals surface area contributed by atoms with Crippen molar-refractivity contribution < 1.29 is 0 Å². The largest absolute Gasteiger partial charge is 0.320 e. The van der Waals surface area contributed by atoms with E-state index in [1.165, 1.54) is 22.2 Å². The monoisotopic (exact) mass is 366 g/mol. The maximum absolute atomic E-state index is 6.30. The lowest BCUT2D eigenvalue weighted by Crippen LogP contribution is -2.21. The molecule has 3 aromatic rings. The molecule has 0 atom stereocenters. The molecule has 0 aliphatic carbocycles. The molecule has 3 heterocycles. The van der Waals surface area contributed by atoms with Crippen LogP contribution in [0.3, 0.4) is 0 Å². The third-order valence-corrected chi connectivity index (χ3v) is 5.45. The maximum Gasteiger partial charge on any atom is 0.125 e. The molecule has 0 spiro atoms. The first kappa shape index (κ1) is 17.3. The Labute approximate surface area is 159 Å². The second kappa shape index (κ2) is 6.86. The molecule has 0 saturated carbocycles. The standard InChI is InChI=1S/C21H23ClN4/c1-14(16-11-23-15(2)24-12-16)13-26-20-5-4-17(22)10-19(20)18-6-8-25(3)9-7-21(18)26/h4-5,10-13H,6-9H2,1-3H3/b14-13+. The molecule has 0 bridgehead atoms. The zero-order valence-corrected chi connectivity index (χ0v) is 16.2. The molecular weight excluding hydrogens is 344 g/mol. The Morgan fingerprint density at radius 1 is 1.15 bits per heavy atom. The van der Waals surface area contributed by atoms with Crippen molar-refractivity contribution in [3.8, 4) is 0 Å². The van der Waals surface area contributed by atoms with Crippen molar-refractivity contribution in [3.05, 3.63) is 58.3 Å². The minimum absolute atomic E-state index is 0.791. The molecule has 1 aliphatic rings. The van der Waals surface area contributed by atoms with Crippen molar-refractivity contribution in [2.45, 2.75) is 26.7 Å². The number of aromatic nitrogens is 3. The number of rotatable bonds is 2. The second-order valence-electron chi connectivity index (χ2n) is 7.09. The zero-order valence-electron chi connectivity index (χ0n) is 15.5. The number of likely N-dealkylation sites (N-methyl/N-ethyl adjacent to an activating group) is 1. The fourth-order valence-corrected chi connectivity index (χ4v) is 3.85. The van der Waals surface area contributed by atoms with Crippen LogP contribution in [0.25, 0.3) is 22.7 Å². The van der Waals surface area contributed by atoms with Crippen molar-refractivity contribution in [2.75, 3.05) is 20.1 Å². The first-order valence-corrected chi connectivity index (χ1v) is 9.38. The van der Waals surface area contributed by atoms with Gasteiger partial charge >= 0.3 is 0 Å². The van der Waals surface area contributed by atoms with Crippen LogP contribution in [0.4, 0.5) is 0 Å². The molecule has 1 aliphatic heterocycles. The highest BCUT2D eigenvalue weighted by molar-refractivity contribution is 6.31. The van der Waals surface area contributed by atoms with E-state index in [4.69, 9.17) is 11.6 Å². The maximum atomic E-state index is 6.30. The summed E-state index contributed by atoms with van der Waals surface area (Å²) in [5.74, 6) is 0.791. The number of allylic oxidation sites excluding steroid dienone is 1. The number of benzene rings is 1. The van der Waals surface area contributed by atoms with Gasteiger partial charge in [-0.2, -0.15) is 0 Å². The summed E-state index contributed by atoms with van der Waals surface area (Å²) >= 11 is 6.30. The molecule has 0 radical (unpaired) electrons. The average molecular weight is 367 g/mol. The molecule has 0 saturated heterocycles. The number of halogens is 1. The van der Waals surface area contributed by atoms with Crippen LogP contribution in [-0.2, 0) is 12.8 Å². The van der Waals surface area contributed by atoms with Gasteiger partial charge in [-0.3, -0.25) is 0 Å². The third kappa shape index (κ3) is 3.15. The van der Waals surface area contributed by atoms with Gasteiger partial charge in [0.2, 0.25) is 0 Å². The van der Waals surface area contributed by atoms with Crippen molar-refractivity contribution >= 4 is 34.3 Å². The molecule has 5 heteroatoms. The lowest BCUT2D eigenvalue weighted by molar-refractivity contribution is 0.351. The average Bonchev–Trinajstić information content (AvgIpc) is 2.76. The molecule has 1 aromatic carbocycles. The first-order chi connectivity index (χ1) is 12.5. The van der Waals surface area contributed by atoms with Gasteiger partial charge in [-0.1, -0.05) is 11.6 Å². The summed E-state index contributed by atoms with van der Waals surface area (Å²) in [6.07, 6.45) is 8.09. The number of nitrogens with zero attached hydrogens (tertiary/aromatic N) is 4.